The van der Waals surface area contributed by atoms with Gasteiger partial charge >= 0.3 is 0 Å². The van der Waals surface area contributed by atoms with Crippen molar-refractivity contribution in [3.8, 4) is 11.4 Å². The van der Waals surface area contributed by atoms with Crippen LogP contribution in [0.4, 0.5) is 0 Å². The highest BCUT2D eigenvalue weighted by Gasteiger charge is 2.14. The van der Waals surface area contributed by atoms with Gasteiger partial charge in [0.25, 0.3) is 0 Å². The first kappa shape index (κ1) is 12.2. The molecule has 0 fully saturated rings. The number of rotatable bonds is 2. The molecule has 19 heavy (non-hydrogen) atoms. The summed E-state index contributed by atoms with van der Waals surface area (Å²) in [6.45, 7) is 4.32. The summed E-state index contributed by atoms with van der Waals surface area (Å²) >= 11 is 6.07. The zero-order chi connectivity index (χ0) is 13.4. The zero-order valence-electron chi connectivity index (χ0n) is 10.8. The van der Waals surface area contributed by atoms with Crippen molar-refractivity contribution in [3.63, 3.8) is 0 Å². The van der Waals surface area contributed by atoms with Crippen LogP contribution in [-0.4, -0.2) is 14.8 Å². The molecule has 3 nitrogen and oxygen atoms in total. The fourth-order valence-electron chi connectivity index (χ4n) is 2.40. The Morgan fingerprint density at radius 1 is 1.16 bits per heavy atom. The predicted octanol–water partition coefficient (Wildman–Crippen LogP) is 4.33. The summed E-state index contributed by atoms with van der Waals surface area (Å²) in [4.78, 5) is 0. The number of aromatic nitrogens is 3. The van der Waals surface area contributed by atoms with Crippen molar-refractivity contribution in [2.75, 3.05) is 0 Å². The molecule has 3 rings (SSSR count). The van der Waals surface area contributed by atoms with E-state index < -0.39 is 0 Å². The van der Waals surface area contributed by atoms with Crippen LogP contribution in [-0.2, 0) is 0 Å². The molecule has 96 valence electrons. The Balaban J connectivity index is 2.32. The van der Waals surface area contributed by atoms with Crippen molar-refractivity contribution in [2.24, 2.45) is 0 Å². The molecule has 1 aromatic carbocycles. The summed E-state index contributed by atoms with van der Waals surface area (Å²) in [5, 5.41) is 10.0. The molecule has 0 bridgehead atoms. The van der Waals surface area contributed by atoms with Gasteiger partial charge < -0.3 is 4.57 Å². The first-order valence-corrected chi connectivity index (χ1v) is 6.63. The maximum Gasteiger partial charge on any atom is 0.109 e. The first-order valence-electron chi connectivity index (χ1n) is 6.25. The maximum absolute atomic E-state index is 6.07. The van der Waals surface area contributed by atoms with Crippen molar-refractivity contribution in [2.45, 2.75) is 19.9 Å². The molecular formula is C15H14ClN3. The standard InChI is InChI=1S/C15H14ClN3/c1-10(2)19-14-6-5-12(16)8-11(14)9-15(19)13-4-3-7-17-18-13/h3-10H,1-2H3. The van der Waals surface area contributed by atoms with E-state index in [0.29, 0.717) is 6.04 Å². The van der Waals surface area contributed by atoms with Crippen LogP contribution in [0.3, 0.4) is 0 Å². The summed E-state index contributed by atoms with van der Waals surface area (Å²) in [7, 11) is 0. The van der Waals surface area contributed by atoms with Gasteiger partial charge in [-0.15, -0.1) is 5.10 Å². The van der Waals surface area contributed by atoms with Gasteiger partial charge in [-0.25, -0.2) is 0 Å². The van der Waals surface area contributed by atoms with E-state index in [2.05, 4.69) is 40.7 Å². The molecule has 2 aromatic heterocycles. The minimum absolute atomic E-state index is 0.343. The summed E-state index contributed by atoms with van der Waals surface area (Å²) in [5.74, 6) is 0. The highest BCUT2D eigenvalue weighted by molar-refractivity contribution is 6.31. The number of nitrogens with zero attached hydrogens (tertiary/aromatic N) is 3. The van der Waals surface area contributed by atoms with Crippen molar-refractivity contribution in [3.05, 3.63) is 47.6 Å². The van der Waals surface area contributed by atoms with Crippen LogP contribution >= 0.6 is 11.6 Å². The molecule has 3 aromatic rings. The van der Waals surface area contributed by atoms with E-state index in [1.54, 1.807) is 6.20 Å². The maximum atomic E-state index is 6.07. The molecule has 0 saturated carbocycles. The minimum Gasteiger partial charge on any atom is -0.337 e. The highest BCUT2D eigenvalue weighted by Crippen LogP contribution is 2.31. The van der Waals surface area contributed by atoms with Crippen molar-refractivity contribution in [1.29, 1.82) is 0 Å². The van der Waals surface area contributed by atoms with E-state index in [1.165, 1.54) is 5.52 Å². The Morgan fingerprint density at radius 2 is 2.00 bits per heavy atom. The fraction of sp³-hybridized carbons (Fsp3) is 0.200. The van der Waals surface area contributed by atoms with Crippen LogP contribution in [0.2, 0.25) is 5.02 Å². The fourth-order valence-corrected chi connectivity index (χ4v) is 2.58. The Hall–Kier alpha value is -1.87. The Labute approximate surface area is 116 Å². The van der Waals surface area contributed by atoms with Gasteiger partial charge in [-0.05, 0) is 50.2 Å². The lowest BCUT2D eigenvalue weighted by atomic mass is 10.2. The van der Waals surface area contributed by atoms with Gasteiger partial charge in [0, 0.05) is 28.2 Å². The largest absolute Gasteiger partial charge is 0.337 e. The van der Waals surface area contributed by atoms with Crippen LogP contribution in [0.25, 0.3) is 22.3 Å². The number of halogens is 1. The SMILES string of the molecule is CC(C)n1c(-c2cccnn2)cc2cc(Cl)ccc21. The predicted molar refractivity (Wildman–Crippen MR) is 78.4 cm³/mol. The molecule has 4 heteroatoms. The van der Waals surface area contributed by atoms with Crippen LogP contribution in [0.5, 0.6) is 0 Å². The second kappa shape index (κ2) is 4.67. The Morgan fingerprint density at radius 3 is 2.68 bits per heavy atom. The molecule has 0 radical (unpaired) electrons. The molecule has 0 N–H and O–H groups in total. The molecule has 0 aliphatic rings. The Bertz CT molecular complexity index is 717. The van der Waals surface area contributed by atoms with Crippen molar-refractivity contribution in [1.82, 2.24) is 14.8 Å². The molecule has 0 aliphatic heterocycles. The third kappa shape index (κ3) is 2.10. The van der Waals surface area contributed by atoms with Gasteiger partial charge in [0.1, 0.15) is 5.69 Å². The summed E-state index contributed by atoms with van der Waals surface area (Å²) in [6.07, 6.45) is 1.68. The highest BCUT2D eigenvalue weighted by atomic mass is 35.5. The molecular weight excluding hydrogens is 258 g/mol. The molecule has 0 aliphatic carbocycles. The lowest BCUT2D eigenvalue weighted by molar-refractivity contribution is 0.627. The molecule has 0 amide bonds. The van der Waals surface area contributed by atoms with Crippen LogP contribution in [0.1, 0.15) is 19.9 Å². The molecule has 0 spiro atoms. The van der Waals surface area contributed by atoms with E-state index >= 15 is 0 Å². The molecule has 0 saturated heterocycles. The number of benzene rings is 1. The number of hydrogen-bond acceptors (Lipinski definition) is 2. The van der Waals surface area contributed by atoms with E-state index in [-0.39, 0.29) is 0 Å². The smallest absolute Gasteiger partial charge is 0.109 e. The van der Waals surface area contributed by atoms with Gasteiger partial charge in [0.15, 0.2) is 0 Å². The van der Waals surface area contributed by atoms with Crippen molar-refractivity contribution >= 4 is 22.5 Å². The second-order valence-electron chi connectivity index (χ2n) is 4.81. The average Bonchev–Trinajstić information content (AvgIpc) is 2.78. The second-order valence-corrected chi connectivity index (χ2v) is 5.24. The normalized spacial score (nSPS) is 11.4. The Kier molecular flexibility index (Phi) is 2.99. The van der Waals surface area contributed by atoms with Gasteiger partial charge in [-0.1, -0.05) is 11.6 Å². The summed E-state index contributed by atoms with van der Waals surface area (Å²) in [6, 6.07) is 12.3. The van der Waals surface area contributed by atoms with E-state index in [1.807, 2.05) is 24.3 Å². The van der Waals surface area contributed by atoms with Gasteiger partial charge in [-0.3, -0.25) is 0 Å². The lowest BCUT2D eigenvalue weighted by Gasteiger charge is -2.14. The minimum atomic E-state index is 0.343. The van der Waals surface area contributed by atoms with Gasteiger partial charge in [0.05, 0.1) is 5.69 Å². The van der Waals surface area contributed by atoms with Crippen LogP contribution in [0.15, 0.2) is 42.6 Å². The lowest BCUT2D eigenvalue weighted by Crippen LogP contribution is -2.03. The first-order chi connectivity index (χ1) is 9.16. The number of hydrogen-bond donors (Lipinski definition) is 0. The summed E-state index contributed by atoms with van der Waals surface area (Å²) in [5.41, 5.74) is 3.11. The molecule has 2 heterocycles. The third-order valence-corrected chi connectivity index (χ3v) is 3.39. The quantitative estimate of drug-likeness (QED) is 0.694. The zero-order valence-corrected chi connectivity index (χ0v) is 11.6. The van der Waals surface area contributed by atoms with Crippen LogP contribution < -0.4 is 0 Å². The van der Waals surface area contributed by atoms with Crippen molar-refractivity contribution < 1.29 is 0 Å². The summed E-state index contributed by atoms with van der Waals surface area (Å²) < 4.78 is 2.26. The van der Waals surface area contributed by atoms with Crippen LogP contribution in [0, 0.1) is 0 Å². The van der Waals surface area contributed by atoms with Gasteiger partial charge in [0.2, 0.25) is 0 Å². The molecule has 0 atom stereocenters. The van der Waals surface area contributed by atoms with E-state index in [9.17, 15) is 0 Å². The average molecular weight is 272 g/mol. The van der Waals surface area contributed by atoms with E-state index in [0.717, 1.165) is 21.8 Å². The topological polar surface area (TPSA) is 30.7 Å². The van der Waals surface area contributed by atoms with Gasteiger partial charge in [-0.2, -0.15) is 5.10 Å². The monoisotopic (exact) mass is 271 g/mol. The third-order valence-electron chi connectivity index (χ3n) is 3.15. The van der Waals surface area contributed by atoms with E-state index in [4.69, 9.17) is 11.6 Å². The number of fused-ring (bicyclic) bond motifs is 1. The molecule has 0 unspecified atom stereocenters.